The van der Waals surface area contributed by atoms with Gasteiger partial charge in [0.15, 0.2) is 11.2 Å². The second-order valence-electron chi connectivity index (χ2n) is 7.84. The molecule has 0 amide bonds. The van der Waals surface area contributed by atoms with Gasteiger partial charge >= 0.3 is 35.8 Å². The van der Waals surface area contributed by atoms with Crippen LogP contribution in [-0.4, -0.2) is 90.9 Å². The number of rotatable bonds is 18. The van der Waals surface area contributed by atoms with Gasteiger partial charge in [0, 0.05) is 0 Å². The van der Waals surface area contributed by atoms with Crippen LogP contribution in [0.1, 0.15) is 58.3 Å². The lowest BCUT2D eigenvalue weighted by Crippen LogP contribution is -2.43. The van der Waals surface area contributed by atoms with E-state index in [0.717, 1.165) is 0 Å². The maximum Gasteiger partial charge on any atom is 0.336 e. The predicted molar refractivity (Wildman–Crippen MR) is 108 cm³/mol. The zero-order valence-electron chi connectivity index (χ0n) is 18.6. The van der Waals surface area contributed by atoms with Gasteiger partial charge in [-0.05, 0) is 25.2 Å². The molecule has 0 bridgehead atoms. The molecule has 34 heavy (non-hydrogen) atoms. The Morgan fingerprint density at radius 1 is 0.706 bits per heavy atom. The SMILES string of the molecule is CCC(CCCCOC(=O)CC(O)(CC(=O)O)C(=O)O)COC(=O)CC(O)(CC(=O)O)C(=O)O. The Morgan fingerprint density at radius 2 is 1.15 bits per heavy atom. The maximum absolute atomic E-state index is 11.9. The van der Waals surface area contributed by atoms with Crippen molar-refractivity contribution in [1.29, 1.82) is 0 Å². The summed E-state index contributed by atoms with van der Waals surface area (Å²) in [6.45, 7) is 1.56. The highest BCUT2D eigenvalue weighted by atomic mass is 16.5. The molecule has 0 saturated carbocycles. The van der Waals surface area contributed by atoms with Crippen LogP contribution in [0.25, 0.3) is 0 Å². The minimum atomic E-state index is -2.79. The Morgan fingerprint density at radius 3 is 1.53 bits per heavy atom. The summed E-state index contributed by atoms with van der Waals surface area (Å²) in [6, 6.07) is 0. The highest BCUT2D eigenvalue weighted by Crippen LogP contribution is 2.20. The molecule has 0 radical (unpaired) electrons. The Balaban J connectivity index is 4.42. The van der Waals surface area contributed by atoms with Gasteiger partial charge in [-0.3, -0.25) is 19.2 Å². The summed E-state index contributed by atoms with van der Waals surface area (Å²) in [5.74, 6) is -9.25. The topological polar surface area (TPSA) is 242 Å². The van der Waals surface area contributed by atoms with Crippen molar-refractivity contribution in [2.24, 2.45) is 5.92 Å². The molecule has 14 heteroatoms. The second-order valence-corrected chi connectivity index (χ2v) is 7.84. The molecule has 0 aliphatic carbocycles. The monoisotopic (exact) mass is 494 g/mol. The lowest BCUT2D eigenvalue weighted by molar-refractivity contribution is -0.172. The molecule has 0 aliphatic heterocycles. The van der Waals surface area contributed by atoms with E-state index in [1.165, 1.54) is 0 Å². The van der Waals surface area contributed by atoms with Crippen LogP contribution in [0.15, 0.2) is 0 Å². The first-order chi connectivity index (χ1) is 15.6. The van der Waals surface area contributed by atoms with E-state index in [-0.39, 0.29) is 19.1 Å². The lowest BCUT2D eigenvalue weighted by atomic mass is 9.95. The molecule has 0 rings (SSSR count). The van der Waals surface area contributed by atoms with Crippen molar-refractivity contribution in [3.05, 3.63) is 0 Å². The van der Waals surface area contributed by atoms with E-state index in [0.29, 0.717) is 25.7 Å². The Hall–Kier alpha value is -3.26. The Labute approximate surface area is 194 Å². The zero-order chi connectivity index (χ0) is 26.5. The van der Waals surface area contributed by atoms with Gasteiger partial charge in [0.25, 0.3) is 0 Å². The number of carboxylic acids is 4. The molecule has 0 saturated heterocycles. The van der Waals surface area contributed by atoms with E-state index < -0.39 is 72.7 Å². The molecule has 0 aromatic rings. The number of hydrogen-bond donors (Lipinski definition) is 6. The smallest absolute Gasteiger partial charge is 0.336 e. The van der Waals surface area contributed by atoms with Crippen LogP contribution < -0.4 is 0 Å². The van der Waals surface area contributed by atoms with Gasteiger partial charge in [-0.1, -0.05) is 13.3 Å². The van der Waals surface area contributed by atoms with Gasteiger partial charge in [-0.2, -0.15) is 0 Å². The molecule has 0 fully saturated rings. The number of carbonyl (C=O) groups is 6. The van der Waals surface area contributed by atoms with Crippen LogP contribution in [0.5, 0.6) is 0 Å². The number of ether oxygens (including phenoxy) is 2. The minimum absolute atomic E-state index is 0.112. The average Bonchev–Trinajstić information content (AvgIpc) is 2.68. The van der Waals surface area contributed by atoms with Crippen molar-refractivity contribution in [2.45, 2.75) is 69.5 Å². The summed E-state index contributed by atoms with van der Waals surface area (Å²) < 4.78 is 9.77. The third-order valence-electron chi connectivity index (χ3n) is 4.88. The number of unbranched alkanes of at least 4 members (excludes halogenated alkanes) is 1. The highest BCUT2D eigenvalue weighted by molar-refractivity contribution is 5.89. The number of esters is 2. The van der Waals surface area contributed by atoms with E-state index in [9.17, 15) is 39.0 Å². The van der Waals surface area contributed by atoms with Gasteiger partial charge in [0.1, 0.15) is 0 Å². The van der Waals surface area contributed by atoms with Gasteiger partial charge in [0.2, 0.25) is 0 Å². The predicted octanol–water partition coefficient (Wildman–Crippen LogP) is -0.370. The molecule has 194 valence electrons. The molecule has 6 N–H and O–H groups in total. The average molecular weight is 494 g/mol. The summed E-state index contributed by atoms with van der Waals surface area (Å²) in [7, 11) is 0. The third kappa shape index (κ3) is 11.6. The zero-order valence-corrected chi connectivity index (χ0v) is 18.6. The molecule has 0 aliphatic rings. The molecule has 0 aromatic carbocycles. The van der Waals surface area contributed by atoms with Crippen LogP contribution in [0.2, 0.25) is 0 Å². The van der Waals surface area contributed by atoms with Crippen LogP contribution in [-0.2, 0) is 38.2 Å². The van der Waals surface area contributed by atoms with E-state index in [4.69, 9.17) is 29.9 Å². The summed E-state index contributed by atoms with van der Waals surface area (Å²) >= 11 is 0. The van der Waals surface area contributed by atoms with Crippen LogP contribution in [0, 0.1) is 5.92 Å². The van der Waals surface area contributed by atoms with Crippen LogP contribution in [0.4, 0.5) is 0 Å². The van der Waals surface area contributed by atoms with E-state index >= 15 is 0 Å². The molecular weight excluding hydrogens is 464 g/mol. The molecule has 3 unspecified atom stereocenters. The molecular formula is C20H30O14. The van der Waals surface area contributed by atoms with Crippen molar-refractivity contribution in [3.63, 3.8) is 0 Å². The second kappa shape index (κ2) is 14.1. The number of hydrogen-bond acceptors (Lipinski definition) is 10. The standard InChI is InChI=1S/C20H30O14/c1-2-12(11-34-16(26)10-20(32,18(29)30)8-14(23)24)5-3-4-6-33-15(25)9-19(31,17(27)28)7-13(21)22/h12,31-32H,2-11H2,1H3,(H,21,22)(H,23,24)(H,27,28)(H,29,30). The first-order valence-electron chi connectivity index (χ1n) is 10.3. The highest BCUT2D eigenvalue weighted by Gasteiger charge is 2.42. The normalized spacial score (nSPS) is 15.3. The molecule has 0 spiro atoms. The quantitative estimate of drug-likeness (QED) is 0.105. The summed E-state index contributed by atoms with van der Waals surface area (Å²) in [5.41, 5.74) is -5.57. The van der Waals surface area contributed by atoms with Crippen LogP contribution in [0.3, 0.4) is 0 Å². The van der Waals surface area contributed by atoms with Gasteiger partial charge in [0.05, 0.1) is 38.9 Å². The van der Waals surface area contributed by atoms with Crippen molar-refractivity contribution >= 4 is 35.8 Å². The number of carbonyl (C=O) groups excluding carboxylic acids is 2. The number of carboxylic acid groups (broad SMARTS) is 4. The van der Waals surface area contributed by atoms with Crippen molar-refractivity contribution in [2.75, 3.05) is 13.2 Å². The van der Waals surface area contributed by atoms with Crippen molar-refractivity contribution in [1.82, 2.24) is 0 Å². The molecule has 0 aromatic heterocycles. The van der Waals surface area contributed by atoms with Gasteiger partial charge < -0.3 is 40.1 Å². The Bertz CT molecular complexity index is 762. The van der Waals surface area contributed by atoms with Crippen molar-refractivity contribution < 1.29 is 68.9 Å². The fraction of sp³-hybridized carbons (Fsp3) is 0.700. The summed E-state index contributed by atoms with van der Waals surface area (Å²) in [6.07, 6.45) is -2.54. The fourth-order valence-electron chi connectivity index (χ4n) is 2.84. The summed E-state index contributed by atoms with van der Waals surface area (Å²) in [5, 5.41) is 54.9. The first-order valence-corrected chi connectivity index (χ1v) is 10.3. The van der Waals surface area contributed by atoms with Crippen molar-refractivity contribution in [3.8, 4) is 0 Å². The van der Waals surface area contributed by atoms with E-state index in [1.807, 2.05) is 0 Å². The fourth-order valence-corrected chi connectivity index (χ4v) is 2.84. The minimum Gasteiger partial charge on any atom is -0.481 e. The van der Waals surface area contributed by atoms with Gasteiger partial charge in [-0.15, -0.1) is 0 Å². The number of aliphatic hydroxyl groups is 2. The number of aliphatic carboxylic acids is 4. The van der Waals surface area contributed by atoms with Gasteiger partial charge in [-0.25, -0.2) is 9.59 Å². The third-order valence-corrected chi connectivity index (χ3v) is 4.88. The molecule has 14 nitrogen and oxygen atoms in total. The lowest BCUT2D eigenvalue weighted by Gasteiger charge is -2.21. The maximum atomic E-state index is 11.9. The van der Waals surface area contributed by atoms with E-state index in [2.05, 4.69) is 0 Å². The largest absolute Gasteiger partial charge is 0.481 e. The molecule has 0 heterocycles. The van der Waals surface area contributed by atoms with E-state index in [1.54, 1.807) is 6.92 Å². The van der Waals surface area contributed by atoms with Crippen LogP contribution >= 0.6 is 0 Å². The molecule has 3 atom stereocenters. The summed E-state index contributed by atoms with van der Waals surface area (Å²) in [4.78, 5) is 67.0. The first kappa shape index (κ1) is 30.7. The Kier molecular flexibility index (Phi) is 12.7.